The molecule has 0 radical (unpaired) electrons. The Bertz CT molecular complexity index is 562. The first-order valence-electron chi connectivity index (χ1n) is 6.92. The molecule has 1 aliphatic rings. The lowest BCUT2D eigenvalue weighted by molar-refractivity contribution is -0.144. The number of likely N-dealkylation sites (tertiary alicyclic amines) is 1. The number of hydrogen-bond acceptors (Lipinski definition) is 2. The molecule has 1 aromatic rings. The summed E-state index contributed by atoms with van der Waals surface area (Å²) in [6.45, 7) is 2.49. The second-order valence-corrected chi connectivity index (χ2v) is 6.09. The maximum atomic E-state index is 12.5. The number of carboxylic acid groups (broad SMARTS) is 1. The molecule has 6 heteroatoms. The third kappa shape index (κ3) is 3.50. The zero-order valence-electron chi connectivity index (χ0n) is 11.7. The first kappa shape index (κ1) is 16.1. The van der Waals surface area contributed by atoms with Gasteiger partial charge in [0.05, 0.1) is 10.0 Å². The zero-order valence-corrected chi connectivity index (χ0v) is 13.2. The highest BCUT2D eigenvalue weighted by Crippen LogP contribution is 2.28. The van der Waals surface area contributed by atoms with Crippen molar-refractivity contribution < 1.29 is 14.7 Å². The van der Waals surface area contributed by atoms with E-state index in [-0.39, 0.29) is 10.9 Å². The van der Waals surface area contributed by atoms with Crippen molar-refractivity contribution in [1.82, 2.24) is 4.90 Å². The van der Waals surface area contributed by atoms with Crippen LogP contribution in [0.25, 0.3) is 0 Å². The van der Waals surface area contributed by atoms with Crippen LogP contribution in [0.15, 0.2) is 18.2 Å². The van der Waals surface area contributed by atoms with Crippen molar-refractivity contribution >= 4 is 35.1 Å². The molecule has 1 heterocycles. The number of carbonyl (C=O) groups excluding carboxylic acids is 1. The fourth-order valence-corrected chi connectivity index (χ4v) is 2.98. The van der Waals surface area contributed by atoms with E-state index in [2.05, 4.69) is 0 Å². The second kappa shape index (κ2) is 6.67. The molecule has 1 N–H and O–H groups in total. The highest BCUT2D eigenvalue weighted by atomic mass is 35.5. The average Bonchev–Trinajstić information content (AvgIpc) is 2.48. The van der Waals surface area contributed by atoms with Crippen LogP contribution in [0.5, 0.6) is 0 Å². The Morgan fingerprint density at radius 1 is 1.33 bits per heavy atom. The van der Waals surface area contributed by atoms with Gasteiger partial charge in [0.1, 0.15) is 6.04 Å². The largest absolute Gasteiger partial charge is 0.480 e. The van der Waals surface area contributed by atoms with Gasteiger partial charge in [0, 0.05) is 12.1 Å². The summed E-state index contributed by atoms with van der Waals surface area (Å²) in [6, 6.07) is 3.83. The molecule has 0 bridgehead atoms. The number of piperidine rings is 1. The van der Waals surface area contributed by atoms with Crippen molar-refractivity contribution in [3.05, 3.63) is 33.8 Å². The van der Waals surface area contributed by atoms with E-state index in [9.17, 15) is 14.7 Å². The van der Waals surface area contributed by atoms with Crippen LogP contribution in [0.1, 0.15) is 36.5 Å². The first-order valence-corrected chi connectivity index (χ1v) is 7.68. The summed E-state index contributed by atoms with van der Waals surface area (Å²) in [5.41, 5.74) is 0.366. The Balaban J connectivity index is 2.24. The van der Waals surface area contributed by atoms with Crippen molar-refractivity contribution in [3.63, 3.8) is 0 Å². The van der Waals surface area contributed by atoms with E-state index in [0.717, 1.165) is 12.8 Å². The molecule has 1 aromatic carbocycles. The van der Waals surface area contributed by atoms with Gasteiger partial charge in [-0.05, 0) is 37.0 Å². The van der Waals surface area contributed by atoms with Crippen LogP contribution in [-0.4, -0.2) is 34.5 Å². The van der Waals surface area contributed by atoms with Gasteiger partial charge in [-0.1, -0.05) is 36.5 Å². The number of hydrogen-bond donors (Lipinski definition) is 1. The Morgan fingerprint density at radius 3 is 2.62 bits per heavy atom. The molecule has 2 atom stereocenters. The summed E-state index contributed by atoms with van der Waals surface area (Å²) in [6.07, 6.45) is 2.25. The lowest BCUT2D eigenvalue weighted by Gasteiger charge is -2.37. The van der Waals surface area contributed by atoms with Crippen LogP contribution in [0.3, 0.4) is 0 Å². The smallest absolute Gasteiger partial charge is 0.326 e. The van der Waals surface area contributed by atoms with E-state index in [4.69, 9.17) is 23.2 Å². The number of carboxylic acids is 1. The van der Waals surface area contributed by atoms with Crippen LogP contribution in [0.4, 0.5) is 0 Å². The molecule has 1 amide bonds. The summed E-state index contributed by atoms with van der Waals surface area (Å²) in [4.78, 5) is 25.4. The predicted molar refractivity (Wildman–Crippen MR) is 81.9 cm³/mol. The Morgan fingerprint density at radius 2 is 2.05 bits per heavy atom. The van der Waals surface area contributed by atoms with E-state index in [1.54, 1.807) is 12.1 Å². The number of rotatable bonds is 3. The van der Waals surface area contributed by atoms with Gasteiger partial charge in [0.15, 0.2) is 0 Å². The minimum atomic E-state index is -0.957. The predicted octanol–water partition coefficient (Wildman–Crippen LogP) is 3.71. The molecule has 2 unspecified atom stereocenters. The van der Waals surface area contributed by atoms with E-state index in [1.165, 1.54) is 11.0 Å². The molecule has 1 fully saturated rings. The fourth-order valence-electron chi connectivity index (χ4n) is 2.68. The van der Waals surface area contributed by atoms with Gasteiger partial charge in [-0.3, -0.25) is 4.79 Å². The third-order valence-electron chi connectivity index (χ3n) is 4.00. The maximum absolute atomic E-state index is 12.5. The van der Waals surface area contributed by atoms with Gasteiger partial charge in [-0.2, -0.15) is 0 Å². The summed E-state index contributed by atoms with van der Waals surface area (Å²) in [7, 11) is 0. The number of nitrogens with zero attached hydrogens (tertiary/aromatic N) is 1. The normalized spacial score (nSPS) is 22.1. The molecule has 0 saturated carbocycles. The molecule has 4 nitrogen and oxygen atoms in total. The van der Waals surface area contributed by atoms with Gasteiger partial charge in [-0.15, -0.1) is 0 Å². The maximum Gasteiger partial charge on any atom is 0.326 e. The second-order valence-electron chi connectivity index (χ2n) is 5.28. The minimum absolute atomic E-state index is 0.290. The molecule has 1 aliphatic heterocycles. The molecular formula is C15H17Cl2NO3. The number of amides is 1. The lowest BCUT2D eigenvalue weighted by atomic mass is 9.88. The highest BCUT2D eigenvalue weighted by Gasteiger charge is 2.36. The molecule has 114 valence electrons. The summed E-state index contributed by atoms with van der Waals surface area (Å²) >= 11 is 11.8. The van der Waals surface area contributed by atoms with Gasteiger partial charge in [0.2, 0.25) is 0 Å². The van der Waals surface area contributed by atoms with Gasteiger partial charge >= 0.3 is 5.97 Å². The Labute approximate surface area is 133 Å². The topological polar surface area (TPSA) is 57.6 Å². The number of benzene rings is 1. The Kier molecular flexibility index (Phi) is 5.12. The van der Waals surface area contributed by atoms with Crippen LogP contribution in [0.2, 0.25) is 10.0 Å². The third-order valence-corrected chi connectivity index (χ3v) is 4.74. The minimum Gasteiger partial charge on any atom is -0.480 e. The molecule has 0 spiro atoms. The molecule has 0 aromatic heterocycles. The zero-order chi connectivity index (χ0) is 15.6. The van der Waals surface area contributed by atoms with Crippen molar-refractivity contribution in [2.75, 3.05) is 6.54 Å². The van der Waals surface area contributed by atoms with Gasteiger partial charge in [0.25, 0.3) is 5.91 Å². The quantitative estimate of drug-likeness (QED) is 0.919. The average molecular weight is 330 g/mol. The molecule has 2 rings (SSSR count). The molecule has 0 aliphatic carbocycles. The van der Waals surface area contributed by atoms with Crippen LogP contribution in [-0.2, 0) is 4.79 Å². The monoisotopic (exact) mass is 329 g/mol. The fraction of sp³-hybridized carbons (Fsp3) is 0.467. The van der Waals surface area contributed by atoms with Crippen molar-refractivity contribution in [2.24, 2.45) is 5.92 Å². The van der Waals surface area contributed by atoms with Crippen molar-refractivity contribution in [3.8, 4) is 0 Å². The summed E-state index contributed by atoms with van der Waals surface area (Å²) in [5.74, 6) is -0.916. The number of carbonyl (C=O) groups is 2. The van der Waals surface area contributed by atoms with Gasteiger partial charge < -0.3 is 10.0 Å². The van der Waals surface area contributed by atoms with E-state index >= 15 is 0 Å². The SMILES string of the molecule is CCC1CCN(C(=O)c2ccc(Cl)c(Cl)c2)C(C(=O)O)C1. The van der Waals surface area contributed by atoms with Gasteiger partial charge in [-0.25, -0.2) is 4.79 Å². The van der Waals surface area contributed by atoms with Crippen LogP contribution >= 0.6 is 23.2 Å². The first-order chi connectivity index (χ1) is 9.93. The van der Waals surface area contributed by atoms with Crippen molar-refractivity contribution in [2.45, 2.75) is 32.2 Å². The standard InChI is InChI=1S/C15H17Cl2NO3/c1-2-9-5-6-18(13(7-9)15(20)21)14(19)10-3-4-11(16)12(17)8-10/h3-4,8-9,13H,2,5-7H2,1H3,(H,20,21). The van der Waals surface area contributed by atoms with Crippen LogP contribution < -0.4 is 0 Å². The van der Waals surface area contributed by atoms with E-state index in [0.29, 0.717) is 29.5 Å². The highest BCUT2D eigenvalue weighted by molar-refractivity contribution is 6.42. The van der Waals surface area contributed by atoms with Crippen LogP contribution in [0, 0.1) is 5.92 Å². The summed E-state index contributed by atoms with van der Waals surface area (Å²) < 4.78 is 0. The molecule has 21 heavy (non-hydrogen) atoms. The van der Waals surface area contributed by atoms with E-state index < -0.39 is 12.0 Å². The Hall–Kier alpha value is -1.26. The summed E-state index contributed by atoms with van der Waals surface area (Å²) in [5, 5.41) is 10.0. The lowest BCUT2D eigenvalue weighted by Crippen LogP contribution is -2.50. The molecule has 1 saturated heterocycles. The molecular weight excluding hydrogens is 313 g/mol. The van der Waals surface area contributed by atoms with E-state index in [1.807, 2.05) is 6.92 Å². The number of halogens is 2. The number of aliphatic carboxylic acids is 1. The van der Waals surface area contributed by atoms with Crippen molar-refractivity contribution in [1.29, 1.82) is 0 Å².